The molecule has 0 saturated carbocycles. The molecule has 0 bridgehead atoms. The summed E-state index contributed by atoms with van der Waals surface area (Å²) in [4.78, 5) is 16.5. The van der Waals surface area contributed by atoms with E-state index in [9.17, 15) is 14.3 Å². The molecule has 2 atom stereocenters. The number of rotatable bonds is 8. The normalized spacial score (nSPS) is 13.1. The van der Waals surface area contributed by atoms with Crippen LogP contribution in [0.15, 0.2) is 36.7 Å². The molecule has 0 spiro atoms. The van der Waals surface area contributed by atoms with Gasteiger partial charge in [0.05, 0.1) is 24.9 Å². The molecular weight excluding hydrogens is 379 g/mol. The number of esters is 1. The van der Waals surface area contributed by atoms with Crippen LogP contribution in [0.1, 0.15) is 42.7 Å². The highest BCUT2D eigenvalue weighted by Crippen LogP contribution is 2.29. The van der Waals surface area contributed by atoms with Crippen LogP contribution in [0.2, 0.25) is 0 Å². The minimum atomic E-state index is -0.650. The van der Waals surface area contributed by atoms with E-state index in [1.807, 2.05) is 6.92 Å². The summed E-state index contributed by atoms with van der Waals surface area (Å²) in [6.07, 6.45) is 2.42. The summed E-state index contributed by atoms with van der Waals surface area (Å²) >= 11 is 0. The van der Waals surface area contributed by atoms with Crippen molar-refractivity contribution in [3.05, 3.63) is 53.6 Å². The summed E-state index contributed by atoms with van der Waals surface area (Å²) in [7, 11) is 0. The maximum absolute atomic E-state index is 13.8. The molecule has 0 aliphatic rings. The molecule has 1 aromatic carbocycles. The van der Waals surface area contributed by atoms with Gasteiger partial charge in [0.2, 0.25) is 0 Å². The first kappa shape index (κ1) is 20.5. The molecule has 0 aliphatic carbocycles. The standard InChI is InChI=1S/C20H23FN4O4/c1-4-28-20(27)16-10-22-25-8-7-18(24-19(16)25)23-13(3)15-9-14(21)5-6-17(15)29-11-12(2)26/h5-10,12-13,26H,4,11H2,1-3H3,(H,23,24)/t12-,13-/m1/s1. The summed E-state index contributed by atoms with van der Waals surface area (Å²) in [5.74, 6) is 0.0349. The van der Waals surface area contributed by atoms with Gasteiger partial charge in [0.15, 0.2) is 5.65 Å². The van der Waals surface area contributed by atoms with Gasteiger partial charge in [0.25, 0.3) is 0 Å². The molecule has 2 aromatic heterocycles. The second-order valence-electron chi connectivity index (χ2n) is 6.57. The largest absolute Gasteiger partial charge is 0.491 e. The molecule has 0 radical (unpaired) electrons. The Bertz CT molecular complexity index is 1010. The summed E-state index contributed by atoms with van der Waals surface area (Å²) < 4.78 is 25.9. The predicted octanol–water partition coefficient (Wildman–Crippen LogP) is 2.98. The molecule has 2 heterocycles. The van der Waals surface area contributed by atoms with Crippen molar-refractivity contribution in [2.45, 2.75) is 32.9 Å². The summed E-state index contributed by atoms with van der Waals surface area (Å²) in [5.41, 5.74) is 1.19. The number of nitrogens with zero attached hydrogens (tertiary/aromatic N) is 3. The van der Waals surface area contributed by atoms with E-state index in [-0.39, 0.29) is 24.8 Å². The number of aliphatic hydroxyl groups is 1. The van der Waals surface area contributed by atoms with Gasteiger partial charge in [-0.15, -0.1) is 0 Å². The number of aromatic nitrogens is 3. The molecule has 9 heteroatoms. The van der Waals surface area contributed by atoms with E-state index in [4.69, 9.17) is 9.47 Å². The third-order valence-corrected chi connectivity index (χ3v) is 4.15. The zero-order valence-electron chi connectivity index (χ0n) is 16.4. The third-order valence-electron chi connectivity index (χ3n) is 4.15. The highest BCUT2D eigenvalue weighted by atomic mass is 19.1. The average molecular weight is 402 g/mol. The highest BCUT2D eigenvalue weighted by Gasteiger charge is 2.18. The Morgan fingerprint density at radius 2 is 2.14 bits per heavy atom. The highest BCUT2D eigenvalue weighted by molar-refractivity contribution is 5.95. The van der Waals surface area contributed by atoms with Gasteiger partial charge >= 0.3 is 5.97 Å². The van der Waals surface area contributed by atoms with Crippen LogP contribution < -0.4 is 10.1 Å². The van der Waals surface area contributed by atoms with Crippen LogP contribution in [0.4, 0.5) is 10.2 Å². The summed E-state index contributed by atoms with van der Waals surface area (Å²) in [5, 5.41) is 16.7. The lowest BCUT2D eigenvalue weighted by Crippen LogP contribution is -2.16. The smallest absolute Gasteiger partial charge is 0.343 e. The van der Waals surface area contributed by atoms with Crippen LogP contribution in [0, 0.1) is 5.82 Å². The van der Waals surface area contributed by atoms with Gasteiger partial charge in [-0.05, 0) is 45.0 Å². The molecular formula is C20H23FN4O4. The molecule has 29 heavy (non-hydrogen) atoms. The molecule has 2 N–H and O–H groups in total. The lowest BCUT2D eigenvalue weighted by molar-refractivity contribution is 0.0528. The van der Waals surface area contributed by atoms with Crippen LogP contribution in [0.25, 0.3) is 5.65 Å². The molecule has 0 amide bonds. The summed E-state index contributed by atoms with van der Waals surface area (Å²) in [6.45, 7) is 5.51. The van der Waals surface area contributed by atoms with Crippen LogP contribution in [-0.4, -0.2) is 45.0 Å². The SMILES string of the molecule is CCOC(=O)c1cnn2ccc(N[C@H](C)c3cc(F)ccc3OC[C@@H](C)O)nc12. The number of hydrogen-bond donors (Lipinski definition) is 2. The Hall–Kier alpha value is -3.20. The van der Waals surface area contributed by atoms with E-state index in [0.29, 0.717) is 22.8 Å². The molecule has 0 saturated heterocycles. The van der Waals surface area contributed by atoms with Gasteiger partial charge in [0, 0.05) is 11.8 Å². The monoisotopic (exact) mass is 402 g/mol. The fourth-order valence-electron chi connectivity index (χ4n) is 2.80. The number of hydrogen-bond acceptors (Lipinski definition) is 7. The van der Waals surface area contributed by atoms with Crippen LogP contribution in [0.3, 0.4) is 0 Å². The molecule has 3 rings (SSSR count). The fraction of sp³-hybridized carbons (Fsp3) is 0.350. The lowest BCUT2D eigenvalue weighted by atomic mass is 10.1. The van der Waals surface area contributed by atoms with Crippen molar-refractivity contribution >= 4 is 17.4 Å². The van der Waals surface area contributed by atoms with Gasteiger partial charge in [-0.1, -0.05) is 0 Å². The van der Waals surface area contributed by atoms with Crippen molar-refractivity contribution in [2.75, 3.05) is 18.5 Å². The van der Waals surface area contributed by atoms with Crippen LogP contribution in [-0.2, 0) is 4.74 Å². The zero-order valence-corrected chi connectivity index (χ0v) is 16.4. The number of aliphatic hydroxyl groups excluding tert-OH is 1. The maximum atomic E-state index is 13.8. The number of carbonyl (C=O) groups is 1. The van der Waals surface area contributed by atoms with E-state index in [1.165, 1.54) is 28.9 Å². The molecule has 154 valence electrons. The van der Waals surface area contributed by atoms with Gasteiger partial charge in [0.1, 0.15) is 29.6 Å². The van der Waals surface area contributed by atoms with Crippen molar-refractivity contribution in [3.63, 3.8) is 0 Å². The van der Waals surface area contributed by atoms with Crippen LogP contribution in [0.5, 0.6) is 5.75 Å². The fourth-order valence-corrected chi connectivity index (χ4v) is 2.80. The van der Waals surface area contributed by atoms with Crippen molar-refractivity contribution < 1.29 is 23.8 Å². The van der Waals surface area contributed by atoms with E-state index in [2.05, 4.69) is 15.4 Å². The number of carbonyl (C=O) groups excluding carboxylic acids is 1. The Balaban J connectivity index is 1.86. The second kappa shape index (κ2) is 8.87. The number of anilines is 1. The Morgan fingerprint density at radius 3 is 2.86 bits per heavy atom. The molecule has 8 nitrogen and oxygen atoms in total. The maximum Gasteiger partial charge on any atom is 0.343 e. The Morgan fingerprint density at radius 1 is 1.34 bits per heavy atom. The van der Waals surface area contributed by atoms with Crippen molar-refractivity contribution in [1.29, 1.82) is 0 Å². The van der Waals surface area contributed by atoms with Gasteiger partial charge in [-0.3, -0.25) is 0 Å². The first-order valence-corrected chi connectivity index (χ1v) is 9.27. The van der Waals surface area contributed by atoms with Crippen molar-refractivity contribution in [1.82, 2.24) is 14.6 Å². The quantitative estimate of drug-likeness (QED) is 0.559. The Labute approximate surface area is 167 Å². The predicted molar refractivity (Wildman–Crippen MR) is 105 cm³/mol. The molecule has 0 aliphatic heterocycles. The number of nitrogens with one attached hydrogen (secondary N) is 1. The zero-order chi connectivity index (χ0) is 21.0. The number of ether oxygens (including phenoxy) is 2. The van der Waals surface area contributed by atoms with Gasteiger partial charge in [-0.25, -0.2) is 18.7 Å². The van der Waals surface area contributed by atoms with Gasteiger partial charge < -0.3 is 19.9 Å². The van der Waals surface area contributed by atoms with Crippen molar-refractivity contribution in [3.8, 4) is 5.75 Å². The molecule has 3 aromatic rings. The number of benzene rings is 1. The van der Waals surface area contributed by atoms with E-state index in [1.54, 1.807) is 26.1 Å². The van der Waals surface area contributed by atoms with E-state index >= 15 is 0 Å². The first-order valence-electron chi connectivity index (χ1n) is 9.27. The topological polar surface area (TPSA) is 98.0 Å². The van der Waals surface area contributed by atoms with E-state index in [0.717, 1.165) is 0 Å². The average Bonchev–Trinajstić information content (AvgIpc) is 3.10. The molecule has 0 fully saturated rings. The minimum Gasteiger partial charge on any atom is -0.491 e. The lowest BCUT2D eigenvalue weighted by Gasteiger charge is -2.19. The number of fused-ring (bicyclic) bond motifs is 1. The van der Waals surface area contributed by atoms with Crippen molar-refractivity contribution in [2.24, 2.45) is 0 Å². The van der Waals surface area contributed by atoms with Crippen LogP contribution >= 0.6 is 0 Å². The Kier molecular flexibility index (Phi) is 6.28. The summed E-state index contributed by atoms with van der Waals surface area (Å²) in [6, 6.07) is 5.53. The first-order chi connectivity index (χ1) is 13.9. The third kappa shape index (κ3) is 4.80. The second-order valence-corrected chi connectivity index (χ2v) is 6.57. The van der Waals surface area contributed by atoms with Gasteiger partial charge in [-0.2, -0.15) is 5.10 Å². The number of halogens is 1. The minimum absolute atomic E-state index is 0.0916. The van der Waals surface area contributed by atoms with E-state index < -0.39 is 17.9 Å². The molecule has 0 unspecified atom stereocenters.